The first kappa shape index (κ1) is 14.3. The lowest BCUT2D eigenvalue weighted by Gasteiger charge is -2.41. The topological polar surface area (TPSA) is 44.7 Å². The van der Waals surface area contributed by atoms with Crippen molar-refractivity contribution in [3.8, 4) is 0 Å². The maximum absolute atomic E-state index is 9.48. The number of nitrogens with one attached hydrogen (secondary N) is 1. The molecule has 0 amide bonds. The van der Waals surface area contributed by atoms with Gasteiger partial charge in [-0.25, -0.2) is 0 Å². The quantitative estimate of drug-likeness (QED) is 0.765. The lowest BCUT2D eigenvalue weighted by atomic mass is 9.99. The number of hydrogen-bond donors (Lipinski definition) is 2. The van der Waals surface area contributed by atoms with Gasteiger partial charge in [0, 0.05) is 38.3 Å². The standard InChI is InChI=1S/C14H28N2O2/c1-11(2)6-12-8-16(13(10-17)7-15-12)9-14-4-3-5-18-14/h11-15,17H,3-10H2,1-2H3. The van der Waals surface area contributed by atoms with Gasteiger partial charge in [0.15, 0.2) is 0 Å². The summed E-state index contributed by atoms with van der Waals surface area (Å²) >= 11 is 0. The van der Waals surface area contributed by atoms with Crippen LogP contribution in [0.3, 0.4) is 0 Å². The molecule has 0 bridgehead atoms. The number of hydrogen-bond acceptors (Lipinski definition) is 4. The molecule has 0 aromatic heterocycles. The van der Waals surface area contributed by atoms with Crippen LogP contribution in [0, 0.1) is 5.92 Å². The van der Waals surface area contributed by atoms with E-state index in [4.69, 9.17) is 4.74 Å². The summed E-state index contributed by atoms with van der Waals surface area (Å²) in [5.74, 6) is 0.720. The van der Waals surface area contributed by atoms with Crippen LogP contribution in [0.2, 0.25) is 0 Å². The first-order valence-corrected chi connectivity index (χ1v) is 7.39. The molecule has 18 heavy (non-hydrogen) atoms. The molecule has 2 heterocycles. The van der Waals surface area contributed by atoms with Gasteiger partial charge in [0.05, 0.1) is 12.7 Å². The third-order valence-corrected chi connectivity index (χ3v) is 4.04. The van der Waals surface area contributed by atoms with Gasteiger partial charge in [-0.3, -0.25) is 4.90 Å². The van der Waals surface area contributed by atoms with Gasteiger partial charge in [0.2, 0.25) is 0 Å². The minimum atomic E-state index is 0.244. The van der Waals surface area contributed by atoms with Gasteiger partial charge in [-0.15, -0.1) is 0 Å². The summed E-state index contributed by atoms with van der Waals surface area (Å²) in [5.41, 5.74) is 0. The first-order chi connectivity index (χ1) is 8.69. The second-order valence-electron chi connectivity index (χ2n) is 6.16. The zero-order chi connectivity index (χ0) is 13.0. The molecule has 2 rings (SSSR count). The molecular weight excluding hydrogens is 228 g/mol. The summed E-state index contributed by atoms with van der Waals surface area (Å²) in [6.45, 7) is 8.63. The third-order valence-electron chi connectivity index (χ3n) is 4.04. The van der Waals surface area contributed by atoms with Crippen molar-refractivity contribution in [1.82, 2.24) is 10.2 Å². The minimum Gasteiger partial charge on any atom is -0.395 e. The average Bonchev–Trinajstić information content (AvgIpc) is 2.81. The van der Waals surface area contributed by atoms with Crippen molar-refractivity contribution in [3.63, 3.8) is 0 Å². The number of rotatable bonds is 5. The fourth-order valence-corrected chi connectivity index (χ4v) is 3.11. The molecule has 106 valence electrons. The Kier molecular flexibility index (Phi) is 5.42. The molecule has 3 atom stereocenters. The highest BCUT2D eigenvalue weighted by Gasteiger charge is 2.30. The number of ether oxygens (including phenoxy) is 1. The number of nitrogens with zero attached hydrogens (tertiary/aromatic N) is 1. The van der Waals surface area contributed by atoms with Crippen molar-refractivity contribution in [1.29, 1.82) is 0 Å². The van der Waals surface area contributed by atoms with Crippen molar-refractivity contribution in [2.45, 2.75) is 51.3 Å². The van der Waals surface area contributed by atoms with E-state index < -0.39 is 0 Å². The average molecular weight is 256 g/mol. The van der Waals surface area contributed by atoms with Crippen LogP contribution in [0.15, 0.2) is 0 Å². The largest absolute Gasteiger partial charge is 0.395 e. The van der Waals surface area contributed by atoms with Gasteiger partial charge < -0.3 is 15.2 Å². The number of aliphatic hydroxyl groups excluding tert-OH is 1. The normalized spacial score (nSPS) is 34.3. The molecule has 3 unspecified atom stereocenters. The lowest BCUT2D eigenvalue weighted by molar-refractivity contribution is 0.0203. The highest BCUT2D eigenvalue weighted by molar-refractivity contribution is 4.88. The van der Waals surface area contributed by atoms with Crippen LogP contribution >= 0.6 is 0 Å². The summed E-state index contributed by atoms with van der Waals surface area (Å²) in [6.07, 6.45) is 3.96. The van der Waals surface area contributed by atoms with Crippen molar-refractivity contribution in [3.05, 3.63) is 0 Å². The van der Waals surface area contributed by atoms with Crippen molar-refractivity contribution in [2.75, 3.05) is 32.8 Å². The molecule has 4 nitrogen and oxygen atoms in total. The minimum absolute atomic E-state index is 0.244. The molecule has 0 aromatic rings. The Hall–Kier alpha value is -0.160. The Labute approximate surface area is 111 Å². The van der Waals surface area contributed by atoms with E-state index in [0.29, 0.717) is 12.1 Å². The van der Waals surface area contributed by atoms with Gasteiger partial charge in [-0.1, -0.05) is 13.8 Å². The molecular formula is C14H28N2O2. The van der Waals surface area contributed by atoms with Crippen LogP contribution in [0.5, 0.6) is 0 Å². The predicted molar refractivity (Wildman–Crippen MR) is 72.7 cm³/mol. The monoisotopic (exact) mass is 256 g/mol. The number of aliphatic hydroxyl groups is 1. The molecule has 2 saturated heterocycles. The van der Waals surface area contributed by atoms with Crippen LogP contribution in [0.25, 0.3) is 0 Å². The lowest BCUT2D eigenvalue weighted by Crippen LogP contribution is -2.59. The summed E-state index contributed by atoms with van der Waals surface area (Å²) < 4.78 is 5.72. The third kappa shape index (κ3) is 3.92. The Morgan fingerprint density at radius 1 is 1.44 bits per heavy atom. The van der Waals surface area contributed by atoms with E-state index in [1.807, 2.05) is 0 Å². The molecule has 2 aliphatic rings. The fourth-order valence-electron chi connectivity index (χ4n) is 3.11. The highest BCUT2D eigenvalue weighted by Crippen LogP contribution is 2.18. The molecule has 4 heteroatoms. The Morgan fingerprint density at radius 3 is 2.89 bits per heavy atom. The Morgan fingerprint density at radius 2 is 2.28 bits per heavy atom. The molecule has 2 aliphatic heterocycles. The SMILES string of the molecule is CC(C)CC1CN(CC2CCCO2)C(CO)CN1. The van der Waals surface area contributed by atoms with Gasteiger partial charge in [0.25, 0.3) is 0 Å². The van der Waals surface area contributed by atoms with Crippen LogP contribution < -0.4 is 5.32 Å². The molecule has 0 aliphatic carbocycles. The summed E-state index contributed by atoms with van der Waals surface area (Å²) in [7, 11) is 0. The van der Waals surface area contributed by atoms with Crippen molar-refractivity contribution in [2.24, 2.45) is 5.92 Å². The Balaban J connectivity index is 1.85. The van der Waals surface area contributed by atoms with E-state index in [1.165, 1.54) is 19.3 Å². The van der Waals surface area contributed by atoms with Gasteiger partial charge >= 0.3 is 0 Å². The van der Waals surface area contributed by atoms with E-state index in [1.54, 1.807) is 0 Å². The van der Waals surface area contributed by atoms with Crippen LogP contribution in [-0.2, 0) is 4.74 Å². The number of piperazine rings is 1. The van der Waals surface area contributed by atoms with Gasteiger partial charge in [0.1, 0.15) is 0 Å². The summed E-state index contributed by atoms with van der Waals surface area (Å²) in [4.78, 5) is 2.43. The second kappa shape index (κ2) is 6.85. The first-order valence-electron chi connectivity index (χ1n) is 7.39. The zero-order valence-electron chi connectivity index (χ0n) is 11.8. The molecule has 0 saturated carbocycles. The predicted octanol–water partition coefficient (Wildman–Crippen LogP) is 0.846. The van der Waals surface area contributed by atoms with Gasteiger partial charge in [-0.05, 0) is 25.2 Å². The molecule has 0 aromatic carbocycles. The van der Waals surface area contributed by atoms with Crippen LogP contribution in [-0.4, -0.2) is 61.0 Å². The highest BCUT2D eigenvalue weighted by atomic mass is 16.5. The van der Waals surface area contributed by atoms with E-state index in [0.717, 1.165) is 32.2 Å². The maximum atomic E-state index is 9.48. The molecule has 0 spiro atoms. The smallest absolute Gasteiger partial charge is 0.0703 e. The second-order valence-corrected chi connectivity index (χ2v) is 6.16. The van der Waals surface area contributed by atoms with Crippen molar-refractivity contribution < 1.29 is 9.84 Å². The van der Waals surface area contributed by atoms with Crippen molar-refractivity contribution >= 4 is 0 Å². The van der Waals surface area contributed by atoms with E-state index >= 15 is 0 Å². The zero-order valence-corrected chi connectivity index (χ0v) is 11.8. The van der Waals surface area contributed by atoms with E-state index in [-0.39, 0.29) is 12.6 Å². The Bertz CT molecular complexity index is 242. The van der Waals surface area contributed by atoms with Crippen LogP contribution in [0.1, 0.15) is 33.1 Å². The summed E-state index contributed by atoms with van der Waals surface area (Å²) in [5, 5.41) is 13.0. The maximum Gasteiger partial charge on any atom is 0.0703 e. The molecule has 2 fully saturated rings. The molecule has 0 radical (unpaired) electrons. The summed E-state index contributed by atoms with van der Waals surface area (Å²) in [6, 6.07) is 0.826. The van der Waals surface area contributed by atoms with Crippen LogP contribution in [0.4, 0.5) is 0 Å². The molecule has 2 N–H and O–H groups in total. The van der Waals surface area contributed by atoms with E-state index in [9.17, 15) is 5.11 Å². The van der Waals surface area contributed by atoms with E-state index in [2.05, 4.69) is 24.1 Å². The fraction of sp³-hybridized carbons (Fsp3) is 1.00. The van der Waals surface area contributed by atoms with Gasteiger partial charge in [-0.2, -0.15) is 0 Å².